The molecular formula is C5H5N5. The predicted molar refractivity (Wildman–Crippen MR) is 33.7 cm³/mol. The van der Waals surface area contributed by atoms with Crippen LogP contribution in [0.1, 0.15) is 11.6 Å². The summed E-state index contributed by atoms with van der Waals surface area (Å²) in [6.07, 6.45) is 0. The molecular weight excluding hydrogens is 130 g/mol. The SMILES string of the molecule is Cc1nc(N)nc(C#N)n1. The third-order valence-electron chi connectivity index (χ3n) is 0.865. The average molecular weight is 135 g/mol. The van der Waals surface area contributed by atoms with Crippen molar-refractivity contribution in [2.24, 2.45) is 0 Å². The van der Waals surface area contributed by atoms with Gasteiger partial charge in [0.15, 0.2) is 0 Å². The van der Waals surface area contributed by atoms with Crippen LogP contribution in [0.25, 0.3) is 0 Å². The van der Waals surface area contributed by atoms with Crippen molar-refractivity contribution >= 4 is 5.95 Å². The Morgan fingerprint density at radius 2 is 2.10 bits per heavy atom. The third kappa shape index (κ3) is 1.17. The molecule has 0 saturated carbocycles. The van der Waals surface area contributed by atoms with E-state index in [4.69, 9.17) is 11.0 Å². The van der Waals surface area contributed by atoms with Crippen LogP contribution in [0, 0.1) is 18.3 Å². The van der Waals surface area contributed by atoms with E-state index in [1.165, 1.54) is 0 Å². The zero-order chi connectivity index (χ0) is 7.56. The molecule has 50 valence electrons. The standard InChI is InChI=1S/C5H5N5/c1-3-8-4(2-6)10-5(7)9-3/h1H3,(H2,7,8,9,10). The van der Waals surface area contributed by atoms with E-state index in [1.807, 2.05) is 0 Å². The molecule has 5 nitrogen and oxygen atoms in total. The lowest BCUT2D eigenvalue weighted by Crippen LogP contribution is -2.01. The van der Waals surface area contributed by atoms with Gasteiger partial charge in [0.25, 0.3) is 0 Å². The molecule has 0 amide bonds. The molecule has 0 aromatic carbocycles. The minimum absolute atomic E-state index is 0.0602. The molecule has 0 bridgehead atoms. The average Bonchev–Trinajstić information content (AvgIpc) is 1.85. The number of hydrogen-bond donors (Lipinski definition) is 1. The summed E-state index contributed by atoms with van der Waals surface area (Å²) < 4.78 is 0. The fraction of sp³-hybridized carbons (Fsp3) is 0.200. The molecule has 5 heteroatoms. The van der Waals surface area contributed by atoms with E-state index < -0.39 is 0 Å². The highest BCUT2D eigenvalue weighted by Crippen LogP contribution is 1.93. The maximum Gasteiger partial charge on any atom is 0.237 e. The predicted octanol–water partition coefficient (Wildman–Crippen LogP) is -0.366. The summed E-state index contributed by atoms with van der Waals surface area (Å²) in [6.45, 7) is 1.65. The van der Waals surface area contributed by atoms with Crippen LogP contribution in [-0.4, -0.2) is 15.0 Å². The van der Waals surface area contributed by atoms with Crippen molar-refractivity contribution in [1.29, 1.82) is 5.26 Å². The Kier molecular flexibility index (Phi) is 1.46. The fourth-order valence-electron chi connectivity index (χ4n) is 0.553. The number of rotatable bonds is 0. The number of aryl methyl sites for hydroxylation is 1. The van der Waals surface area contributed by atoms with Gasteiger partial charge in [-0.05, 0) is 6.92 Å². The van der Waals surface area contributed by atoms with Crippen LogP contribution in [0.5, 0.6) is 0 Å². The second kappa shape index (κ2) is 2.27. The molecule has 2 N–H and O–H groups in total. The van der Waals surface area contributed by atoms with Crippen LogP contribution < -0.4 is 5.73 Å². The molecule has 0 unspecified atom stereocenters. The van der Waals surface area contributed by atoms with Gasteiger partial charge >= 0.3 is 0 Å². The monoisotopic (exact) mass is 135 g/mol. The number of anilines is 1. The molecule has 0 radical (unpaired) electrons. The van der Waals surface area contributed by atoms with Crippen LogP contribution in [0.3, 0.4) is 0 Å². The number of nitrogens with two attached hydrogens (primary N) is 1. The van der Waals surface area contributed by atoms with Gasteiger partial charge in [0.05, 0.1) is 0 Å². The van der Waals surface area contributed by atoms with Crippen molar-refractivity contribution in [3.05, 3.63) is 11.6 Å². The fourth-order valence-corrected chi connectivity index (χ4v) is 0.553. The molecule has 0 aliphatic carbocycles. The van der Waals surface area contributed by atoms with E-state index in [1.54, 1.807) is 13.0 Å². The van der Waals surface area contributed by atoms with Gasteiger partial charge in [0, 0.05) is 0 Å². The number of aromatic nitrogens is 3. The zero-order valence-corrected chi connectivity index (χ0v) is 5.37. The lowest BCUT2D eigenvalue weighted by molar-refractivity contribution is 0.964. The Labute approximate surface area is 57.6 Å². The van der Waals surface area contributed by atoms with Gasteiger partial charge in [-0.2, -0.15) is 15.2 Å². The summed E-state index contributed by atoms with van der Waals surface area (Å²) in [5.74, 6) is 0.609. The Bertz CT molecular complexity index is 266. The van der Waals surface area contributed by atoms with Crippen molar-refractivity contribution < 1.29 is 0 Å². The number of hydrogen-bond acceptors (Lipinski definition) is 5. The van der Waals surface area contributed by atoms with Crippen LogP contribution in [0.15, 0.2) is 0 Å². The lowest BCUT2D eigenvalue weighted by Gasteiger charge is -1.92. The summed E-state index contributed by atoms with van der Waals surface area (Å²) in [7, 11) is 0. The molecule has 10 heavy (non-hydrogen) atoms. The molecule has 0 aliphatic rings. The van der Waals surface area contributed by atoms with Gasteiger partial charge in [-0.1, -0.05) is 0 Å². The van der Waals surface area contributed by atoms with Gasteiger partial charge in [-0.25, -0.2) is 4.98 Å². The van der Waals surface area contributed by atoms with Crippen molar-refractivity contribution in [1.82, 2.24) is 15.0 Å². The molecule has 1 rings (SSSR count). The maximum atomic E-state index is 8.33. The van der Waals surface area contributed by atoms with E-state index in [9.17, 15) is 0 Å². The van der Waals surface area contributed by atoms with Crippen LogP contribution in [0.2, 0.25) is 0 Å². The Morgan fingerprint density at radius 3 is 2.60 bits per heavy atom. The number of nitrogens with zero attached hydrogens (tertiary/aromatic N) is 4. The minimum Gasteiger partial charge on any atom is -0.368 e. The second-order valence-electron chi connectivity index (χ2n) is 1.68. The molecule has 1 heterocycles. The minimum atomic E-state index is 0.0602. The van der Waals surface area contributed by atoms with Crippen LogP contribution in [0.4, 0.5) is 5.95 Å². The van der Waals surface area contributed by atoms with E-state index in [0.717, 1.165) is 0 Å². The second-order valence-corrected chi connectivity index (χ2v) is 1.68. The Balaban J connectivity index is 3.22. The highest BCUT2D eigenvalue weighted by molar-refractivity contribution is 5.20. The maximum absolute atomic E-state index is 8.33. The Hall–Kier alpha value is -1.70. The first-order valence-electron chi connectivity index (χ1n) is 2.60. The van der Waals surface area contributed by atoms with Gasteiger partial charge in [-0.3, -0.25) is 0 Å². The molecule has 1 aromatic heterocycles. The first kappa shape index (κ1) is 6.42. The van der Waals surface area contributed by atoms with Crippen molar-refractivity contribution in [2.45, 2.75) is 6.92 Å². The van der Waals surface area contributed by atoms with Crippen molar-refractivity contribution in [3.8, 4) is 6.07 Å². The summed E-state index contributed by atoms with van der Waals surface area (Å²) in [6, 6.07) is 1.77. The van der Waals surface area contributed by atoms with Crippen molar-refractivity contribution in [3.63, 3.8) is 0 Å². The first-order valence-corrected chi connectivity index (χ1v) is 2.60. The van der Waals surface area contributed by atoms with E-state index >= 15 is 0 Å². The smallest absolute Gasteiger partial charge is 0.237 e. The molecule has 1 aromatic rings. The van der Waals surface area contributed by atoms with Gasteiger partial charge in [-0.15, -0.1) is 0 Å². The van der Waals surface area contributed by atoms with E-state index in [0.29, 0.717) is 5.82 Å². The first-order chi connectivity index (χ1) is 4.72. The van der Waals surface area contributed by atoms with Crippen LogP contribution >= 0.6 is 0 Å². The van der Waals surface area contributed by atoms with Crippen molar-refractivity contribution in [2.75, 3.05) is 5.73 Å². The highest BCUT2D eigenvalue weighted by Gasteiger charge is 1.96. The number of nitriles is 1. The van der Waals surface area contributed by atoms with Gasteiger partial charge < -0.3 is 5.73 Å². The highest BCUT2D eigenvalue weighted by atomic mass is 15.1. The topological polar surface area (TPSA) is 88.5 Å². The quantitative estimate of drug-likeness (QED) is 0.524. The Morgan fingerprint density at radius 1 is 1.40 bits per heavy atom. The van der Waals surface area contributed by atoms with Crippen LogP contribution in [-0.2, 0) is 0 Å². The summed E-state index contributed by atoms with van der Waals surface area (Å²) >= 11 is 0. The number of nitrogen functional groups attached to an aromatic ring is 1. The molecule has 0 aliphatic heterocycles. The third-order valence-corrected chi connectivity index (χ3v) is 0.865. The van der Waals surface area contributed by atoms with E-state index in [2.05, 4.69) is 15.0 Å². The van der Waals surface area contributed by atoms with Gasteiger partial charge in [0.2, 0.25) is 11.8 Å². The molecule has 0 spiro atoms. The summed E-state index contributed by atoms with van der Waals surface area (Å²) in [5, 5.41) is 8.33. The molecule has 0 fully saturated rings. The lowest BCUT2D eigenvalue weighted by atomic mass is 10.6. The normalized spacial score (nSPS) is 8.80. The summed E-state index contributed by atoms with van der Waals surface area (Å²) in [5.41, 5.74) is 5.22. The van der Waals surface area contributed by atoms with Gasteiger partial charge in [0.1, 0.15) is 11.9 Å². The zero-order valence-electron chi connectivity index (χ0n) is 5.37. The van der Waals surface area contributed by atoms with E-state index in [-0.39, 0.29) is 11.8 Å². The molecule has 0 atom stereocenters. The summed E-state index contributed by atoms with van der Waals surface area (Å²) in [4.78, 5) is 10.9. The molecule has 0 saturated heterocycles. The largest absolute Gasteiger partial charge is 0.368 e.